The van der Waals surface area contributed by atoms with Gasteiger partial charge in [-0.1, -0.05) is 5.16 Å². The average Bonchev–Trinajstić information content (AvgIpc) is 2.74. The Bertz CT molecular complexity index is 490. The second-order valence-electron chi connectivity index (χ2n) is 3.13. The van der Waals surface area contributed by atoms with Crippen molar-refractivity contribution in [2.24, 2.45) is 0 Å². The van der Waals surface area contributed by atoms with Gasteiger partial charge in [0.2, 0.25) is 0 Å². The summed E-state index contributed by atoms with van der Waals surface area (Å²) in [5.74, 6) is 0. The van der Waals surface area contributed by atoms with Crippen molar-refractivity contribution >= 4 is 17.1 Å². The van der Waals surface area contributed by atoms with Crippen LogP contribution in [0.2, 0.25) is 0 Å². The van der Waals surface area contributed by atoms with Gasteiger partial charge in [-0.2, -0.15) is 0 Å². The van der Waals surface area contributed by atoms with Gasteiger partial charge in [0.25, 0.3) is 0 Å². The maximum atomic E-state index is 7.89. The van der Waals surface area contributed by atoms with Crippen LogP contribution in [0.1, 0.15) is 11.1 Å². The lowest BCUT2D eigenvalue weighted by molar-refractivity contribution is 0.419. The highest BCUT2D eigenvalue weighted by molar-refractivity contribution is 6.13. The topological polar surface area (TPSA) is 102 Å². The van der Waals surface area contributed by atoms with Crippen molar-refractivity contribution in [1.29, 1.82) is 5.41 Å². The Morgan fingerprint density at radius 1 is 1.33 bits per heavy atom. The number of rotatable bonds is 2. The number of nitrogens with zero attached hydrogens (tertiary/aromatic N) is 1. The second kappa shape index (κ2) is 3.45. The maximum Gasteiger partial charge on any atom is 0.133 e. The molecule has 0 aliphatic heterocycles. The smallest absolute Gasteiger partial charge is 0.133 e. The number of nitrogen functional groups attached to an aromatic ring is 2. The average molecular weight is 202 g/mol. The van der Waals surface area contributed by atoms with Gasteiger partial charge in [0.05, 0.1) is 17.5 Å². The summed E-state index contributed by atoms with van der Waals surface area (Å²) < 4.78 is 4.66. The van der Waals surface area contributed by atoms with Gasteiger partial charge in [-0.25, -0.2) is 0 Å². The van der Waals surface area contributed by atoms with E-state index in [9.17, 15) is 0 Å². The van der Waals surface area contributed by atoms with Crippen LogP contribution in [0.3, 0.4) is 0 Å². The first-order chi connectivity index (χ1) is 7.18. The number of nitrogens with two attached hydrogens (primary N) is 2. The molecule has 0 radical (unpaired) electrons. The van der Waals surface area contributed by atoms with Gasteiger partial charge in [0, 0.05) is 16.9 Å². The van der Waals surface area contributed by atoms with Crippen LogP contribution >= 0.6 is 0 Å². The third-order valence-corrected chi connectivity index (χ3v) is 2.07. The number of hydrogen-bond donors (Lipinski definition) is 3. The first-order valence-electron chi connectivity index (χ1n) is 4.32. The van der Waals surface area contributed by atoms with E-state index >= 15 is 0 Å². The molecular formula is C10H10N4O. The molecule has 76 valence electrons. The molecule has 0 fully saturated rings. The van der Waals surface area contributed by atoms with E-state index in [0.717, 1.165) is 0 Å². The molecule has 2 aromatic rings. The quantitative estimate of drug-likeness (QED) is 0.503. The van der Waals surface area contributed by atoms with Gasteiger partial charge >= 0.3 is 0 Å². The predicted octanol–water partition coefficient (Wildman–Crippen LogP) is 1.26. The van der Waals surface area contributed by atoms with Gasteiger partial charge in [0.1, 0.15) is 6.26 Å². The first kappa shape index (κ1) is 9.26. The van der Waals surface area contributed by atoms with Crippen molar-refractivity contribution in [3.63, 3.8) is 0 Å². The summed E-state index contributed by atoms with van der Waals surface area (Å²) in [6.45, 7) is 0. The Hall–Kier alpha value is -2.30. The van der Waals surface area contributed by atoms with E-state index in [2.05, 4.69) is 9.68 Å². The van der Waals surface area contributed by atoms with E-state index in [0.29, 0.717) is 22.5 Å². The predicted molar refractivity (Wildman–Crippen MR) is 57.7 cm³/mol. The minimum atomic E-state index is 0.251. The molecular weight excluding hydrogens is 192 g/mol. The molecule has 5 N–H and O–H groups in total. The highest BCUT2D eigenvalue weighted by Crippen LogP contribution is 2.19. The molecule has 2 rings (SSSR count). The molecule has 0 unspecified atom stereocenters. The molecule has 1 heterocycles. The van der Waals surface area contributed by atoms with Crippen LogP contribution in [0.4, 0.5) is 11.4 Å². The molecule has 5 heteroatoms. The fourth-order valence-corrected chi connectivity index (χ4v) is 1.27. The van der Waals surface area contributed by atoms with Crippen molar-refractivity contribution in [1.82, 2.24) is 5.16 Å². The molecule has 1 aromatic heterocycles. The highest BCUT2D eigenvalue weighted by atomic mass is 16.5. The Balaban J connectivity index is 2.46. The molecule has 0 aliphatic rings. The Morgan fingerprint density at radius 2 is 2.13 bits per heavy atom. The summed E-state index contributed by atoms with van der Waals surface area (Å²) in [4.78, 5) is 0. The lowest BCUT2D eigenvalue weighted by Gasteiger charge is -2.05. The van der Waals surface area contributed by atoms with Gasteiger partial charge in [0.15, 0.2) is 0 Å². The van der Waals surface area contributed by atoms with Crippen LogP contribution in [0.5, 0.6) is 0 Å². The van der Waals surface area contributed by atoms with Crippen LogP contribution in [-0.4, -0.2) is 10.9 Å². The van der Waals surface area contributed by atoms with Crippen molar-refractivity contribution in [2.75, 3.05) is 11.5 Å². The zero-order valence-electron chi connectivity index (χ0n) is 7.90. The first-order valence-corrected chi connectivity index (χ1v) is 4.32. The fourth-order valence-electron chi connectivity index (χ4n) is 1.27. The molecule has 1 aromatic carbocycles. The number of aromatic nitrogens is 1. The van der Waals surface area contributed by atoms with Gasteiger partial charge in [-0.3, -0.25) is 5.41 Å². The molecule has 0 saturated heterocycles. The largest absolute Gasteiger partial charge is 0.399 e. The van der Waals surface area contributed by atoms with Crippen molar-refractivity contribution in [3.8, 4) is 0 Å². The van der Waals surface area contributed by atoms with Crippen LogP contribution in [0.25, 0.3) is 0 Å². The van der Waals surface area contributed by atoms with E-state index in [4.69, 9.17) is 16.9 Å². The van der Waals surface area contributed by atoms with Crippen LogP contribution < -0.4 is 11.5 Å². The Labute approximate surface area is 86.2 Å². The van der Waals surface area contributed by atoms with Gasteiger partial charge in [-0.05, 0) is 18.2 Å². The monoisotopic (exact) mass is 202 g/mol. The zero-order chi connectivity index (χ0) is 10.8. The minimum Gasteiger partial charge on any atom is -0.399 e. The molecule has 0 spiro atoms. The third-order valence-electron chi connectivity index (χ3n) is 2.07. The number of nitrogens with one attached hydrogen (secondary N) is 1. The summed E-state index contributed by atoms with van der Waals surface area (Å²) in [6, 6.07) is 5.02. The minimum absolute atomic E-state index is 0.251. The highest BCUT2D eigenvalue weighted by Gasteiger charge is 2.10. The van der Waals surface area contributed by atoms with Crippen LogP contribution in [-0.2, 0) is 0 Å². The Kier molecular flexibility index (Phi) is 2.13. The summed E-state index contributed by atoms with van der Waals surface area (Å²) in [5, 5.41) is 11.4. The van der Waals surface area contributed by atoms with Gasteiger partial charge < -0.3 is 16.0 Å². The number of hydrogen-bond acceptors (Lipinski definition) is 5. The summed E-state index contributed by atoms with van der Waals surface area (Å²) >= 11 is 0. The third kappa shape index (κ3) is 1.67. The lowest BCUT2D eigenvalue weighted by Crippen LogP contribution is -2.05. The van der Waals surface area contributed by atoms with Crippen molar-refractivity contribution in [2.45, 2.75) is 0 Å². The zero-order valence-corrected chi connectivity index (χ0v) is 7.90. The van der Waals surface area contributed by atoms with Crippen molar-refractivity contribution in [3.05, 3.63) is 41.8 Å². The standard InChI is InChI=1S/C10H10N4O/c11-7-1-2-9(12)8(3-7)10(13)6-4-14-15-5-6/h1-5,13H,11-12H2. The van der Waals surface area contributed by atoms with Crippen molar-refractivity contribution < 1.29 is 4.52 Å². The summed E-state index contributed by atoms with van der Waals surface area (Å²) in [6.07, 6.45) is 2.86. The number of benzene rings is 1. The molecule has 0 amide bonds. The fraction of sp³-hybridized carbons (Fsp3) is 0. The Morgan fingerprint density at radius 3 is 2.80 bits per heavy atom. The summed E-state index contributed by atoms with van der Waals surface area (Å²) in [5.41, 5.74) is 13.9. The number of anilines is 2. The SMILES string of the molecule is N=C(c1cnoc1)c1cc(N)ccc1N. The van der Waals surface area contributed by atoms with E-state index in [1.165, 1.54) is 12.5 Å². The van der Waals surface area contributed by atoms with Crippen LogP contribution in [0, 0.1) is 5.41 Å². The molecule has 0 aliphatic carbocycles. The van der Waals surface area contributed by atoms with Crippen LogP contribution in [0.15, 0.2) is 35.2 Å². The van der Waals surface area contributed by atoms with E-state index in [1.54, 1.807) is 18.2 Å². The second-order valence-corrected chi connectivity index (χ2v) is 3.13. The molecule has 15 heavy (non-hydrogen) atoms. The normalized spacial score (nSPS) is 10.1. The van der Waals surface area contributed by atoms with E-state index in [-0.39, 0.29) is 5.71 Å². The summed E-state index contributed by atoms with van der Waals surface area (Å²) in [7, 11) is 0. The molecule has 0 atom stereocenters. The van der Waals surface area contributed by atoms with E-state index < -0.39 is 0 Å². The molecule has 0 bridgehead atoms. The van der Waals surface area contributed by atoms with Gasteiger partial charge in [-0.15, -0.1) is 0 Å². The van der Waals surface area contributed by atoms with E-state index in [1.807, 2.05) is 0 Å². The molecule has 5 nitrogen and oxygen atoms in total. The maximum absolute atomic E-state index is 7.89. The molecule has 0 saturated carbocycles. The lowest BCUT2D eigenvalue weighted by atomic mass is 10.0.